The Morgan fingerprint density at radius 3 is 2.75 bits per heavy atom. The molecule has 2 unspecified atom stereocenters. The Hall–Kier alpha value is -1.63. The van der Waals surface area contributed by atoms with E-state index >= 15 is 0 Å². The third-order valence-electron chi connectivity index (χ3n) is 3.04. The highest BCUT2D eigenvalue weighted by Crippen LogP contribution is 2.43. The molecule has 1 aliphatic heterocycles. The van der Waals surface area contributed by atoms with Gasteiger partial charge in [0, 0.05) is 18.2 Å². The van der Waals surface area contributed by atoms with Crippen LogP contribution in [0.2, 0.25) is 0 Å². The maximum Gasteiger partial charge on any atom is 0.305 e. The molecule has 0 bridgehead atoms. The molecule has 4 nitrogen and oxygen atoms in total. The van der Waals surface area contributed by atoms with Gasteiger partial charge in [-0.15, -0.1) is 11.8 Å². The summed E-state index contributed by atoms with van der Waals surface area (Å²) in [6.07, 6.45) is -0.210. The molecule has 0 saturated carbocycles. The summed E-state index contributed by atoms with van der Waals surface area (Å²) in [5.74, 6) is -2.68. The van der Waals surface area contributed by atoms with E-state index in [0.29, 0.717) is 0 Å². The van der Waals surface area contributed by atoms with E-state index in [4.69, 9.17) is 5.11 Å². The van der Waals surface area contributed by atoms with E-state index in [1.54, 1.807) is 6.92 Å². The predicted molar refractivity (Wildman–Crippen MR) is 70.1 cm³/mol. The lowest BCUT2D eigenvalue weighted by atomic mass is 10.1. The molecule has 0 aliphatic carbocycles. The molecule has 0 radical (unpaired) electrons. The van der Waals surface area contributed by atoms with Crippen LogP contribution in [0.15, 0.2) is 18.2 Å². The van der Waals surface area contributed by atoms with Crippen LogP contribution >= 0.6 is 11.8 Å². The molecule has 1 N–H and O–H groups in total. The van der Waals surface area contributed by atoms with Crippen molar-refractivity contribution < 1.29 is 23.5 Å². The van der Waals surface area contributed by atoms with Crippen LogP contribution in [0.5, 0.6) is 0 Å². The summed E-state index contributed by atoms with van der Waals surface area (Å²) in [4.78, 5) is 24.0. The van der Waals surface area contributed by atoms with Gasteiger partial charge in [-0.2, -0.15) is 0 Å². The van der Waals surface area contributed by atoms with Gasteiger partial charge in [-0.25, -0.2) is 8.78 Å². The van der Waals surface area contributed by atoms with E-state index in [0.717, 1.165) is 12.1 Å². The number of nitrogens with zero attached hydrogens (tertiary/aromatic N) is 1. The molecule has 1 fully saturated rings. The number of hydrogen-bond acceptors (Lipinski definition) is 3. The standard InChI is InChI=1S/C13H13F2NO3S/c1-7-12(19)16(5-4-11(17)18)13(20-7)9-3-2-8(14)6-10(9)15/h2-3,6-7,13H,4-5H2,1H3,(H,17,18). The number of halogens is 2. The topological polar surface area (TPSA) is 57.6 Å². The van der Waals surface area contributed by atoms with Crippen molar-refractivity contribution >= 4 is 23.6 Å². The number of carbonyl (C=O) groups is 2. The van der Waals surface area contributed by atoms with Gasteiger partial charge in [-0.1, -0.05) is 6.07 Å². The molecule has 1 saturated heterocycles. The van der Waals surface area contributed by atoms with Crippen molar-refractivity contribution in [2.75, 3.05) is 6.54 Å². The van der Waals surface area contributed by atoms with Crippen molar-refractivity contribution in [3.05, 3.63) is 35.4 Å². The van der Waals surface area contributed by atoms with Gasteiger partial charge in [0.2, 0.25) is 5.91 Å². The highest BCUT2D eigenvalue weighted by Gasteiger charge is 2.39. The lowest BCUT2D eigenvalue weighted by Crippen LogP contribution is -2.32. The fourth-order valence-corrected chi connectivity index (χ4v) is 3.39. The number of amides is 1. The summed E-state index contributed by atoms with van der Waals surface area (Å²) < 4.78 is 26.8. The summed E-state index contributed by atoms with van der Waals surface area (Å²) in [6.45, 7) is 1.69. The maximum atomic E-state index is 13.8. The van der Waals surface area contributed by atoms with Crippen LogP contribution in [0.3, 0.4) is 0 Å². The number of rotatable bonds is 4. The molecular weight excluding hydrogens is 288 g/mol. The monoisotopic (exact) mass is 301 g/mol. The van der Waals surface area contributed by atoms with Gasteiger partial charge < -0.3 is 10.0 Å². The first-order valence-electron chi connectivity index (χ1n) is 6.03. The molecule has 108 valence electrons. The number of aliphatic carboxylic acids is 1. The van der Waals surface area contributed by atoms with Crippen molar-refractivity contribution in [3.8, 4) is 0 Å². The second-order valence-corrected chi connectivity index (χ2v) is 5.90. The van der Waals surface area contributed by atoms with Crippen LogP contribution in [0.4, 0.5) is 8.78 Å². The predicted octanol–water partition coefficient (Wildman–Crippen LogP) is 2.40. The Morgan fingerprint density at radius 2 is 2.15 bits per heavy atom. The second kappa shape index (κ2) is 5.78. The second-order valence-electron chi connectivity index (χ2n) is 4.47. The van der Waals surface area contributed by atoms with Crippen LogP contribution in [0, 0.1) is 11.6 Å². The van der Waals surface area contributed by atoms with Crippen molar-refractivity contribution in [1.82, 2.24) is 4.90 Å². The van der Waals surface area contributed by atoms with E-state index in [1.807, 2.05) is 0 Å². The third kappa shape index (κ3) is 2.92. The molecule has 1 aromatic carbocycles. The quantitative estimate of drug-likeness (QED) is 0.928. The molecule has 7 heteroatoms. The van der Waals surface area contributed by atoms with Crippen LogP contribution in [-0.4, -0.2) is 33.7 Å². The molecular formula is C13H13F2NO3S. The van der Waals surface area contributed by atoms with E-state index in [2.05, 4.69) is 0 Å². The highest BCUT2D eigenvalue weighted by atomic mass is 32.2. The van der Waals surface area contributed by atoms with Gasteiger partial charge in [0.1, 0.15) is 17.0 Å². The SMILES string of the molecule is CC1SC(c2ccc(F)cc2F)N(CCC(=O)O)C1=O. The number of carbonyl (C=O) groups excluding carboxylic acids is 1. The van der Waals surface area contributed by atoms with Crippen molar-refractivity contribution in [2.45, 2.75) is 24.0 Å². The summed E-state index contributed by atoms with van der Waals surface area (Å²) in [6, 6.07) is 3.18. The van der Waals surface area contributed by atoms with Crippen LogP contribution < -0.4 is 0 Å². The van der Waals surface area contributed by atoms with E-state index in [9.17, 15) is 18.4 Å². The van der Waals surface area contributed by atoms with Crippen LogP contribution in [-0.2, 0) is 9.59 Å². The number of carboxylic acid groups (broad SMARTS) is 1. The molecule has 20 heavy (non-hydrogen) atoms. The molecule has 2 rings (SSSR count). The molecule has 1 amide bonds. The smallest absolute Gasteiger partial charge is 0.305 e. The van der Waals surface area contributed by atoms with Gasteiger partial charge in [0.15, 0.2) is 0 Å². The summed E-state index contributed by atoms with van der Waals surface area (Å²) in [5.41, 5.74) is 0.194. The summed E-state index contributed by atoms with van der Waals surface area (Å²) in [7, 11) is 0. The fourth-order valence-electron chi connectivity index (χ4n) is 2.06. The van der Waals surface area contributed by atoms with Crippen molar-refractivity contribution in [1.29, 1.82) is 0 Å². The van der Waals surface area contributed by atoms with Crippen LogP contribution in [0.1, 0.15) is 24.3 Å². The highest BCUT2D eigenvalue weighted by molar-refractivity contribution is 8.01. The average Bonchev–Trinajstić information content (AvgIpc) is 2.63. The first-order valence-corrected chi connectivity index (χ1v) is 6.97. The first-order chi connectivity index (χ1) is 9.40. The lowest BCUT2D eigenvalue weighted by molar-refractivity contribution is -0.138. The molecule has 1 aromatic rings. The van der Waals surface area contributed by atoms with Crippen molar-refractivity contribution in [2.24, 2.45) is 0 Å². The zero-order valence-corrected chi connectivity index (χ0v) is 11.5. The van der Waals surface area contributed by atoms with Gasteiger partial charge in [0.05, 0.1) is 11.7 Å². The zero-order valence-electron chi connectivity index (χ0n) is 10.7. The number of carboxylic acids is 1. The van der Waals surface area contributed by atoms with Gasteiger partial charge in [0.25, 0.3) is 0 Å². The Morgan fingerprint density at radius 1 is 1.45 bits per heavy atom. The Balaban J connectivity index is 2.27. The molecule has 0 aromatic heterocycles. The van der Waals surface area contributed by atoms with E-state index in [1.165, 1.54) is 22.7 Å². The van der Waals surface area contributed by atoms with Crippen molar-refractivity contribution in [3.63, 3.8) is 0 Å². The van der Waals surface area contributed by atoms with Crippen LogP contribution in [0.25, 0.3) is 0 Å². The summed E-state index contributed by atoms with van der Waals surface area (Å²) in [5, 5.41) is 7.72. The Labute approximate surface area is 118 Å². The van der Waals surface area contributed by atoms with Gasteiger partial charge in [-0.3, -0.25) is 9.59 Å². The minimum absolute atomic E-state index is 0.00693. The summed E-state index contributed by atoms with van der Waals surface area (Å²) >= 11 is 1.23. The minimum Gasteiger partial charge on any atom is -0.481 e. The van der Waals surface area contributed by atoms with E-state index < -0.39 is 23.0 Å². The number of thioether (sulfide) groups is 1. The lowest BCUT2D eigenvalue weighted by Gasteiger charge is -2.23. The first kappa shape index (κ1) is 14.8. The Kier molecular flexibility index (Phi) is 4.27. The van der Waals surface area contributed by atoms with Gasteiger partial charge >= 0.3 is 5.97 Å². The Bertz CT molecular complexity index is 552. The molecule has 0 spiro atoms. The number of hydrogen-bond donors (Lipinski definition) is 1. The molecule has 1 aliphatic rings. The largest absolute Gasteiger partial charge is 0.481 e. The van der Waals surface area contributed by atoms with E-state index in [-0.39, 0.29) is 29.7 Å². The maximum absolute atomic E-state index is 13.8. The number of benzene rings is 1. The third-order valence-corrected chi connectivity index (χ3v) is 4.42. The minimum atomic E-state index is -1.03. The average molecular weight is 301 g/mol. The van der Waals surface area contributed by atoms with Gasteiger partial charge in [-0.05, 0) is 13.0 Å². The fraction of sp³-hybridized carbons (Fsp3) is 0.385. The molecule has 2 atom stereocenters. The zero-order chi connectivity index (χ0) is 14.9. The molecule has 1 heterocycles. The normalized spacial score (nSPS) is 22.4.